The van der Waals surface area contributed by atoms with E-state index in [0.717, 1.165) is 0 Å². The molecule has 0 aliphatic rings. The Morgan fingerprint density at radius 1 is 1.54 bits per heavy atom. The number of rotatable bonds is 3. The van der Waals surface area contributed by atoms with Gasteiger partial charge in [-0.1, -0.05) is 19.0 Å². The average Bonchev–Trinajstić information content (AvgIpc) is 2.31. The summed E-state index contributed by atoms with van der Waals surface area (Å²) < 4.78 is 15.2. The van der Waals surface area contributed by atoms with Crippen LogP contribution in [0, 0.1) is 0 Å². The summed E-state index contributed by atoms with van der Waals surface area (Å²) in [5.74, 6) is 0.537. The van der Waals surface area contributed by atoms with E-state index < -0.39 is 13.8 Å². The van der Waals surface area contributed by atoms with Crippen molar-refractivity contribution in [2.45, 2.75) is 25.9 Å². The Kier molecular flexibility index (Phi) is 2.85. The van der Waals surface area contributed by atoms with Crippen molar-refractivity contribution in [2.75, 3.05) is 0 Å². The monoisotopic (exact) mass is 206 g/mol. The van der Waals surface area contributed by atoms with E-state index in [1.54, 1.807) is 0 Å². The Labute approximate surface area is 75.1 Å². The molecule has 0 aliphatic carbocycles. The van der Waals surface area contributed by atoms with E-state index in [0.29, 0.717) is 5.82 Å². The number of nitrogens with zero attached hydrogens (tertiary/aromatic N) is 2. The molecule has 0 radical (unpaired) electrons. The maximum Gasteiger partial charge on any atom is 0.334 e. The zero-order valence-corrected chi connectivity index (χ0v) is 8.23. The van der Waals surface area contributed by atoms with Gasteiger partial charge in [0.1, 0.15) is 6.16 Å². The van der Waals surface area contributed by atoms with Crippen molar-refractivity contribution >= 4 is 7.60 Å². The minimum Gasteiger partial charge on any atom is -0.339 e. The van der Waals surface area contributed by atoms with Crippen LogP contribution in [0.5, 0.6) is 0 Å². The Bertz CT molecular complexity index is 329. The van der Waals surface area contributed by atoms with Crippen molar-refractivity contribution in [3.63, 3.8) is 0 Å². The molecule has 1 aromatic rings. The lowest BCUT2D eigenvalue weighted by Gasteiger charge is -1.96. The molecule has 0 unspecified atom stereocenters. The zero-order valence-electron chi connectivity index (χ0n) is 7.34. The minimum absolute atomic E-state index is 0.0166. The topological polar surface area (TPSA) is 96.5 Å². The molecule has 13 heavy (non-hydrogen) atoms. The minimum atomic E-state index is -4.10. The molecule has 0 fully saturated rings. The summed E-state index contributed by atoms with van der Waals surface area (Å²) in [6, 6.07) is 0. The molecular formula is C6H11N2O4P. The van der Waals surface area contributed by atoms with E-state index in [2.05, 4.69) is 14.7 Å². The highest BCUT2D eigenvalue weighted by Gasteiger charge is 2.19. The fourth-order valence-corrected chi connectivity index (χ4v) is 1.22. The van der Waals surface area contributed by atoms with Gasteiger partial charge in [-0.25, -0.2) is 0 Å². The summed E-state index contributed by atoms with van der Waals surface area (Å²) in [6.45, 7) is 3.73. The van der Waals surface area contributed by atoms with Crippen LogP contribution in [0.15, 0.2) is 4.52 Å². The molecule has 7 heteroatoms. The maximum atomic E-state index is 10.5. The predicted molar refractivity (Wildman–Crippen MR) is 44.1 cm³/mol. The van der Waals surface area contributed by atoms with E-state index >= 15 is 0 Å². The van der Waals surface area contributed by atoms with E-state index in [-0.39, 0.29) is 11.8 Å². The fourth-order valence-electron chi connectivity index (χ4n) is 0.743. The van der Waals surface area contributed by atoms with Crippen molar-refractivity contribution in [2.24, 2.45) is 0 Å². The van der Waals surface area contributed by atoms with Crippen LogP contribution in [0.25, 0.3) is 0 Å². The summed E-state index contributed by atoms with van der Waals surface area (Å²) in [4.78, 5) is 21.0. The molecule has 1 rings (SSSR count). The Morgan fingerprint density at radius 2 is 2.15 bits per heavy atom. The lowest BCUT2D eigenvalue weighted by atomic mass is 10.2. The quantitative estimate of drug-likeness (QED) is 0.712. The third kappa shape index (κ3) is 3.26. The van der Waals surface area contributed by atoms with E-state index in [1.165, 1.54) is 0 Å². The largest absolute Gasteiger partial charge is 0.339 e. The SMILES string of the molecule is CC(C)c1noc(CP(=O)(O)O)n1. The van der Waals surface area contributed by atoms with Crippen LogP contribution in [0.4, 0.5) is 0 Å². The van der Waals surface area contributed by atoms with Crippen LogP contribution < -0.4 is 0 Å². The van der Waals surface area contributed by atoms with Gasteiger partial charge in [0.15, 0.2) is 5.82 Å². The first-order valence-electron chi connectivity index (χ1n) is 3.75. The lowest BCUT2D eigenvalue weighted by molar-refractivity contribution is 0.346. The maximum absolute atomic E-state index is 10.5. The molecule has 1 aromatic heterocycles. The third-order valence-corrected chi connectivity index (χ3v) is 2.02. The average molecular weight is 206 g/mol. The Balaban J connectivity index is 2.75. The van der Waals surface area contributed by atoms with E-state index in [9.17, 15) is 4.57 Å². The molecule has 0 saturated carbocycles. The number of hydrogen-bond donors (Lipinski definition) is 2. The molecule has 0 bridgehead atoms. The standard InChI is InChI=1S/C6H11N2O4P/c1-4(2)6-7-5(12-8-6)3-13(9,10)11/h4H,3H2,1-2H3,(H2,9,10,11). The van der Waals surface area contributed by atoms with Gasteiger partial charge < -0.3 is 14.3 Å². The molecule has 0 saturated heterocycles. The zero-order chi connectivity index (χ0) is 10.1. The molecule has 0 amide bonds. The fraction of sp³-hybridized carbons (Fsp3) is 0.667. The van der Waals surface area contributed by atoms with Crippen LogP contribution in [-0.4, -0.2) is 19.9 Å². The van der Waals surface area contributed by atoms with Crippen molar-refractivity contribution in [3.05, 3.63) is 11.7 Å². The van der Waals surface area contributed by atoms with Crippen LogP contribution in [0.2, 0.25) is 0 Å². The first-order chi connectivity index (χ1) is 5.88. The molecule has 0 aliphatic heterocycles. The predicted octanol–water partition coefficient (Wildman–Crippen LogP) is 0.871. The molecule has 2 N–H and O–H groups in total. The van der Waals surface area contributed by atoms with Gasteiger partial charge >= 0.3 is 7.60 Å². The van der Waals surface area contributed by atoms with Gasteiger partial charge in [0, 0.05) is 5.92 Å². The summed E-state index contributed by atoms with van der Waals surface area (Å²) in [5.41, 5.74) is 0. The molecule has 0 atom stereocenters. The van der Waals surface area contributed by atoms with Crippen molar-refractivity contribution in [1.82, 2.24) is 10.1 Å². The smallest absolute Gasteiger partial charge is 0.334 e. The molecular weight excluding hydrogens is 195 g/mol. The van der Waals surface area contributed by atoms with Crippen molar-refractivity contribution < 1.29 is 18.9 Å². The summed E-state index contributed by atoms with van der Waals surface area (Å²) in [6.07, 6.45) is -0.493. The molecule has 0 aromatic carbocycles. The highest BCUT2D eigenvalue weighted by atomic mass is 31.2. The highest BCUT2D eigenvalue weighted by Crippen LogP contribution is 2.38. The molecule has 6 nitrogen and oxygen atoms in total. The van der Waals surface area contributed by atoms with E-state index in [1.807, 2.05) is 13.8 Å². The van der Waals surface area contributed by atoms with Crippen LogP contribution in [0.1, 0.15) is 31.5 Å². The molecule has 1 heterocycles. The lowest BCUT2D eigenvalue weighted by Crippen LogP contribution is -1.91. The first kappa shape index (κ1) is 10.4. The van der Waals surface area contributed by atoms with Gasteiger partial charge in [-0.15, -0.1) is 0 Å². The summed E-state index contributed by atoms with van der Waals surface area (Å²) in [7, 11) is -4.10. The Hall–Kier alpha value is -0.710. The second-order valence-corrected chi connectivity index (χ2v) is 4.67. The highest BCUT2D eigenvalue weighted by molar-refractivity contribution is 7.50. The van der Waals surface area contributed by atoms with Crippen LogP contribution in [-0.2, 0) is 10.7 Å². The van der Waals surface area contributed by atoms with Crippen LogP contribution in [0.3, 0.4) is 0 Å². The third-order valence-electron chi connectivity index (χ3n) is 1.34. The first-order valence-corrected chi connectivity index (χ1v) is 5.55. The van der Waals surface area contributed by atoms with Gasteiger partial charge in [0.25, 0.3) is 0 Å². The number of hydrogen-bond acceptors (Lipinski definition) is 4. The van der Waals surface area contributed by atoms with Crippen LogP contribution >= 0.6 is 7.60 Å². The molecule has 0 spiro atoms. The normalized spacial score (nSPS) is 12.4. The van der Waals surface area contributed by atoms with Gasteiger partial charge in [-0.3, -0.25) is 4.57 Å². The van der Waals surface area contributed by atoms with Gasteiger partial charge in [0.05, 0.1) is 0 Å². The van der Waals surface area contributed by atoms with E-state index in [4.69, 9.17) is 9.79 Å². The van der Waals surface area contributed by atoms with Gasteiger partial charge in [-0.05, 0) is 0 Å². The second-order valence-electron chi connectivity index (χ2n) is 3.02. The number of aromatic nitrogens is 2. The summed E-state index contributed by atoms with van der Waals surface area (Å²) >= 11 is 0. The molecule has 74 valence electrons. The van der Waals surface area contributed by atoms with Gasteiger partial charge in [-0.2, -0.15) is 4.98 Å². The van der Waals surface area contributed by atoms with Gasteiger partial charge in [0.2, 0.25) is 5.89 Å². The van der Waals surface area contributed by atoms with Crippen molar-refractivity contribution in [3.8, 4) is 0 Å². The Morgan fingerprint density at radius 3 is 2.54 bits per heavy atom. The summed E-state index contributed by atoms with van der Waals surface area (Å²) in [5, 5.41) is 3.57. The van der Waals surface area contributed by atoms with Crippen molar-refractivity contribution in [1.29, 1.82) is 0 Å². The second kappa shape index (κ2) is 3.57.